The summed E-state index contributed by atoms with van der Waals surface area (Å²) in [6.45, 7) is 2.04. The molecule has 0 radical (unpaired) electrons. The van der Waals surface area contributed by atoms with Crippen LogP contribution in [0.2, 0.25) is 0 Å². The molecule has 90 valence electrons. The number of ether oxygens (including phenoxy) is 1. The van der Waals surface area contributed by atoms with Gasteiger partial charge in [-0.1, -0.05) is 19.1 Å². The summed E-state index contributed by atoms with van der Waals surface area (Å²) in [5, 5.41) is 2.86. The smallest absolute Gasteiger partial charge is 0.258 e. The molecular weight excluding hydrogens is 218 g/mol. The average Bonchev–Trinajstić information content (AvgIpc) is 3.02. The highest BCUT2D eigenvalue weighted by atomic mass is 16.5. The summed E-state index contributed by atoms with van der Waals surface area (Å²) in [5.74, 6) is 0.878. The van der Waals surface area contributed by atoms with Crippen molar-refractivity contribution in [2.75, 3.05) is 6.61 Å². The molecule has 4 nitrogen and oxygen atoms in total. The van der Waals surface area contributed by atoms with E-state index in [1.807, 2.05) is 0 Å². The van der Waals surface area contributed by atoms with E-state index >= 15 is 0 Å². The molecule has 1 aromatic rings. The van der Waals surface area contributed by atoms with Crippen LogP contribution in [-0.2, 0) is 4.79 Å². The van der Waals surface area contributed by atoms with E-state index in [9.17, 15) is 9.59 Å². The van der Waals surface area contributed by atoms with E-state index in [0.29, 0.717) is 23.3 Å². The minimum Gasteiger partial charge on any atom is -0.483 e. The summed E-state index contributed by atoms with van der Waals surface area (Å²) in [4.78, 5) is 22.2. The second-order valence-corrected chi connectivity index (χ2v) is 4.33. The topological polar surface area (TPSA) is 55.4 Å². The fourth-order valence-electron chi connectivity index (χ4n) is 1.62. The van der Waals surface area contributed by atoms with Crippen LogP contribution in [0.25, 0.3) is 0 Å². The summed E-state index contributed by atoms with van der Waals surface area (Å²) in [7, 11) is 0. The number of rotatable bonds is 5. The van der Waals surface area contributed by atoms with E-state index in [4.69, 9.17) is 4.74 Å². The molecule has 0 aliphatic heterocycles. The van der Waals surface area contributed by atoms with Gasteiger partial charge < -0.3 is 10.1 Å². The van der Waals surface area contributed by atoms with Gasteiger partial charge in [-0.2, -0.15) is 0 Å². The number of hydrogen-bond acceptors (Lipinski definition) is 3. The SMILES string of the molecule is CC1CC1NC(=O)COc1ccccc1C=O. The van der Waals surface area contributed by atoms with Crippen LogP contribution < -0.4 is 10.1 Å². The van der Waals surface area contributed by atoms with E-state index in [1.54, 1.807) is 24.3 Å². The molecule has 1 aromatic carbocycles. The van der Waals surface area contributed by atoms with Gasteiger partial charge in [0.25, 0.3) is 5.91 Å². The minimum absolute atomic E-state index is 0.0475. The molecule has 0 heterocycles. The molecule has 1 N–H and O–H groups in total. The van der Waals surface area contributed by atoms with Gasteiger partial charge in [-0.05, 0) is 24.5 Å². The maximum atomic E-state index is 11.5. The first-order valence-corrected chi connectivity index (χ1v) is 5.67. The molecule has 2 rings (SSSR count). The predicted molar refractivity (Wildman–Crippen MR) is 63.0 cm³/mol. The van der Waals surface area contributed by atoms with Crippen molar-refractivity contribution in [3.8, 4) is 5.75 Å². The fraction of sp³-hybridized carbons (Fsp3) is 0.385. The number of nitrogens with one attached hydrogen (secondary N) is 1. The highest BCUT2D eigenvalue weighted by Gasteiger charge is 2.33. The molecule has 0 saturated heterocycles. The van der Waals surface area contributed by atoms with E-state index in [1.165, 1.54) is 0 Å². The molecule has 1 aliphatic carbocycles. The Morgan fingerprint density at radius 2 is 2.24 bits per heavy atom. The molecule has 1 saturated carbocycles. The number of aldehydes is 1. The first-order chi connectivity index (χ1) is 8.20. The lowest BCUT2D eigenvalue weighted by Crippen LogP contribution is -2.31. The third-order valence-corrected chi connectivity index (χ3v) is 2.86. The second kappa shape index (κ2) is 4.99. The molecule has 1 aliphatic rings. The molecular formula is C13H15NO3. The van der Waals surface area contributed by atoms with Crippen LogP contribution in [0.15, 0.2) is 24.3 Å². The lowest BCUT2D eigenvalue weighted by atomic mass is 10.2. The lowest BCUT2D eigenvalue weighted by Gasteiger charge is -2.08. The normalized spacial score (nSPS) is 21.7. The Morgan fingerprint density at radius 1 is 1.53 bits per heavy atom. The summed E-state index contributed by atoms with van der Waals surface area (Å²) >= 11 is 0. The minimum atomic E-state index is -0.139. The van der Waals surface area contributed by atoms with Crippen LogP contribution in [0.4, 0.5) is 0 Å². The van der Waals surface area contributed by atoms with Gasteiger partial charge in [-0.3, -0.25) is 9.59 Å². The molecule has 0 spiro atoms. The van der Waals surface area contributed by atoms with Crippen molar-refractivity contribution < 1.29 is 14.3 Å². The van der Waals surface area contributed by atoms with Gasteiger partial charge in [0.05, 0.1) is 5.56 Å². The van der Waals surface area contributed by atoms with Crippen molar-refractivity contribution in [1.29, 1.82) is 0 Å². The van der Waals surface area contributed by atoms with Crippen molar-refractivity contribution in [2.45, 2.75) is 19.4 Å². The number of amides is 1. The van der Waals surface area contributed by atoms with Gasteiger partial charge in [-0.25, -0.2) is 0 Å². The van der Waals surface area contributed by atoms with Crippen molar-refractivity contribution in [1.82, 2.24) is 5.32 Å². The second-order valence-electron chi connectivity index (χ2n) is 4.33. The van der Waals surface area contributed by atoms with Crippen LogP contribution in [0.1, 0.15) is 23.7 Å². The van der Waals surface area contributed by atoms with Crippen LogP contribution in [0, 0.1) is 5.92 Å². The number of carbonyl (C=O) groups is 2. The van der Waals surface area contributed by atoms with Gasteiger partial charge in [0.1, 0.15) is 5.75 Å². The van der Waals surface area contributed by atoms with Gasteiger partial charge in [-0.15, -0.1) is 0 Å². The molecule has 1 amide bonds. The van der Waals surface area contributed by atoms with Crippen LogP contribution in [0.5, 0.6) is 5.75 Å². The highest BCUT2D eigenvalue weighted by molar-refractivity contribution is 5.81. The van der Waals surface area contributed by atoms with E-state index in [0.717, 1.165) is 12.7 Å². The van der Waals surface area contributed by atoms with Crippen molar-refractivity contribution in [3.63, 3.8) is 0 Å². The first kappa shape index (κ1) is 11.6. The molecule has 1 fully saturated rings. The van der Waals surface area contributed by atoms with Crippen LogP contribution in [-0.4, -0.2) is 24.8 Å². The van der Waals surface area contributed by atoms with E-state index < -0.39 is 0 Å². The van der Waals surface area contributed by atoms with Gasteiger partial charge >= 0.3 is 0 Å². The standard InChI is InChI=1S/C13H15NO3/c1-9-6-11(9)14-13(16)8-17-12-5-3-2-4-10(12)7-15/h2-5,7,9,11H,6,8H2,1H3,(H,14,16). The third-order valence-electron chi connectivity index (χ3n) is 2.86. The van der Waals surface area contributed by atoms with Gasteiger partial charge in [0.2, 0.25) is 0 Å². The van der Waals surface area contributed by atoms with Gasteiger partial charge in [0, 0.05) is 6.04 Å². The lowest BCUT2D eigenvalue weighted by molar-refractivity contribution is -0.123. The van der Waals surface area contributed by atoms with Crippen molar-refractivity contribution in [3.05, 3.63) is 29.8 Å². The zero-order valence-corrected chi connectivity index (χ0v) is 9.68. The fourth-order valence-corrected chi connectivity index (χ4v) is 1.62. The Bertz CT molecular complexity index is 430. The Morgan fingerprint density at radius 3 is 2.88 bits per heavy atom. The largest absolute Gasteiger partial charge is 0.483 e. The zero-order chi connectivity index (χ0) is 12.3. The summed E-state index contributed by atoms with van der Waals surface area (Å²) in [6, 6.07) is 7.15. The van der Waals surface area contributed by atoms with E-state index in [-0.39, 0.29) is 12.5 Å². The van der Waals surface area contributed by atoms with Crippen LogP contribution >= 0.6 is 0 Å². The highest BCUT2D eigenvalue weighted by Crippen LogP contribution is 2.28. The monoisotopic (exact) mass is 233 g/mol. The predicted octanol–water partition coefficient (Wildman–Crippen LogP) is 1.40. The molecule has 2 atom stereocenters. The molecule has 4 heteroatoms. The average molecular weight is 233 g/mol. The third kappa shape index (κ3) is 3.06. The Hall–Kier alpha value is -1.84. The molecule has 17 heavy (non-hydrogen) atoms. The number of para-hydroxylation sites is 1. The zero-order valence-electron chi connectivity index (χ0n) is 9.68. The Balaban J connectivity index is 1.84. The summed E-state index contributed by atoms with van der Waals surface area (Å²) in [6.07, 6.45) is 1.76. The maximum absolute atomic E-state index is 11.5. The van der Waals surface area contributed by atoms with Crippen LogP contribution in [0.3, 0.4) is 0 Å². The number of benzene rings is 1. The van der Waals surface area contributed by atoms with E-state index in [2.05, 4.69) is 12.2 Å². The summed E-state index contributed by atoms with van der Waals surface area (Å²) < 4.78 is 5.31. The molecule has 0 bridgehead atoms. The Kier molecular flexibility index (Phi) is 3.42. The van der Waals surface area contributed by atoms with Gasteiger partial charge in [0.15, 0.2) is 12.9 Å². The quantitative estimate of drug-likeness (QED) is 0.782. The first-order valence-electron chi connectivity index (χ1n) is 5.67. The van der Waals surface area contributed by atoms with Crippen molar-refractivity contribution in [2.24, 2.45) is 5.92 Å². The number of hydrogen-bond donors (Lipinski definition) is 1. The molecule has 2 unspecified atom stereocenters. The Labute approximate surface area is 100.0 Å². The summed E-state index contributed by atoms with van der Waals surface area (Å²) in [5.41, 5.74) is 0.458. The van der Waals surface area contributed by atoms with Crippen molar-refractivity contribution >= 4 is 12.2 Å². The maximum Gasteiger partial charge on any atom is 0.258 e. The molecule has 0 aromatic heterocycles. The number of carbonyl (C=O) groups excluding carboxylic acids is 2.